The second kappa shape index (κ2) is 7.60. The van der Waals surface area contributed by atoms with Gasteiger partial charge in [0.15, 0.2) is 5.78 Å². The number of Topliss-reactive ketones (excluding diaryl/α,β-unsaturated/α-hetero) is 1. The maximum Gasteiger partial charge on any atom is 0.207 e. The summed E-state index contributed by atoms with van der Waals surface area (Å²) in [6, 6.07) is 16.2. The van der Waals surface area contributed by atoms with Gasteiger partial charge in [0.05, 0.1) is 13.7 Å². The lowest BCUT2D eigenvalue weighted by molar-refractivity contribution is 0.100. The molecule has 0 N–H and O–H groups in total. The molecule has 0 fully saturated rings. The molecule has 0 unspecified atom stereocenters. The molecule has 0 saturated carbocycles. The van der Waals surface area contributed by atoms with Gasteiger partial charge in [-0.15, -0.1) is 0 Å². The van der Waals surface area contributed by atoms with Crippen LogP contribution in [0.5, 0.6) is 5.75 Å². The summed E-state index contributed by atoms with van der Waals surface area (Å²) in [5.41, 5.74) is 1.37. The Balaban J connectivity index is 2.21. The molecule has 2 aromatic rings. The third-order valence-corrected chi connectivity index (χ3v) is 3.07. The fraction of sp³-hybridized carbons (Fsp3) is 0.118. The average Bonchev–Trinajstić information content (AvgIpc) is 2.59. The van der Waals surface area contributed by atoms with Gasteiger partial charge in [0.1, 0.15) is 12.1 Å². The normalized spacial score (nSPS) is 10.2. The minimum atomic E-state index is -0.0548. The van der Waals surface area contributed by atoms with E-state index in [0.29, 0.717) is 5.56 Å². The van der Waals surface area contributed by atoms with Crippen molar-refractivity contribution in [3.05, 3.63) is 60.2 Å². The fourth-order valence-electron chi connectivity index (χ4n) is 1.94. The molecule has 0 aliphatic carbocycles. The molecular formula is C17H15N3O2. The zero-order valence-electron chi connectivity index (χ0n) is 12.1. The number of benzene rings is 2. The van der Waals surface area contributed by atoms with Crippen molar-refractivity contribution in [2.45, 2.75) is 0 Å². The van der Waals surface area contributed by atoms with E-state index in [1.807, 2.05) is 18.2 Å². The van der Waals surface area contributed by atoms with E-state index in [4.69, 9.17) is 10.00 Å². The molecule has 0 atom stereocenters. The van der Waals surface area contributed by atoms with Crippen LogP contribution in [-0.4, -0.2) is 25.8 Å². The van der Waals surface area contributed by atoms with Crippen LogP contribution in [0.4, 0.5) is 5.69 Å². The number of anilines is 1. The lowest BCUT2D eigenvalue weighted by Gasteiger charge is -2.18. The molecule has 22 heavy (non-hydrogen) atoms. The van der Waals surface area contributed by atoms with E-state index in [-0.39, 0.29) is 12.3 Å². The lowest BCUT2D eigenvalue weighted by Crippen LogP contribution is -2.28. The van der Waals surface area contributed by atoms with Gasteiger partial charge in [-0.05, 0) is 24.3 Å². The zero-order valence-corrected chi connectivity index (χ0v) is 12.1. The van der Waals surface area contributed by atoms with Gasteiger partial charge in [0.25, 0.3) is 0 Å². The van der Waals surface area contributed by atoms with Crippen LogP contribution in [0.3, 0.4) is 0 Å². The van der Waals surface area contributed by atoms with Gasteiger partial charge in [-0.25, -0.2) is 0 Å². The summed E-state index contributed by atoms with van der Waals surface area (Å²) < 4.78 is 5.11. The largest absolute Gasteiger partial charge is 0.497 e. The van der Waals surface area contributed by atoms with Gasteiger partial charge in [-0.2, -0.15) is 10.3 Å². The molecule has 2 aromatic carbocycles. The zero-order chi connectivity index (χ0) is 15.8. The molecule has 2 rings (SSSR count). The van der Waals surface area contributed by atoms with E-state index >= 15 is 0 Å². The quantitative estimate of drug-likeness (QED) is 0.355. The molecule has 5 heteroatoms. The second-order valence-electron chi connectivity index (χ2n) is 4.46. The van der Waals surface area contributed by atoms with Crippen molar-refractivity contribution in [1.82, 2.24) is 0 Å². The number of methoxy groups -OCH3 is 1. The number of ketones is 1. The van der Waals surface area contributed by atoms with Crippen LogP contribution in [0.1, 0.15) is 10.4 Å². The van der Waals surface area contributed by atoms with Gasteiger partial charge in [-0.1, -0.05) is 30.3 Å². The van der Waals surface area contributed by atoms with Crippen molar-refractivity contribution in [2.24, 2.45) is 4.99 Å². The standard InChI is InChI=1S/C17H15N3O2/c1-22-16-9-7-15(8-10-16)20(13-19-12-18)11-17(21)14-5-3-2-4-6-14/h2-10,13H,11H2,1H3. The molecule has 0 radical (unpaired) electrons. The number of nitriles is 1. The Labute approximate surface area is 129 Å². The monoisotopic (exact) mass is 293 g/mol. The van der Waals surface area contributed by atoms with Gasteiger partial charge >= 0.3 is 0 Å². The Morgan fingerprint density at radius 1 is 1.23 bits per heavy atom. The van der Waals surface area contributed by atoms with Gasteiger partial charge < -0.3 is 9.64 Å². The molecule has 0 aliphatic rings. The lowest BCUT2D eigenvalue weighted by atomic mass is 10.1. The van der Waals surface area contributed by atoms with Crippen LogP contribution >= 0.6 is 0 Å². The summed E-state index contributed by atoms with van der Waals surface area (Å²) in [5.74, 6) is 0.663. The maximum atomic E-state index is 12.3. The molecule has 0 saturated heterocycles. The Morgan fingerprint density at radius 2 is 1.91 bits per heavy atom. The molecule has 0 amide bonds. The number of hydrogen-bond acceptors (Lipinski definition) is 4. The van der Waals surface area contributed by atoms with Crippen LogP contribution in [0, 0.1) is 11.5 Å². The first-order chi connectivity index (χ1) is 10.7. The van der Waals surface area contributed by atoms with Crippen molar-refractivity contribution in [3.63, 3.8) is 0 Å². The third-order valence-electron chi connectivity index (χ3n) is 3.07. The highest BCUT2D eigenvalue weighted by molar-refractivity contribution is 6.02. The minimum absolute atomic E-state index is 0.0548. The first-order valence-electron chi connectivity index (χ1n) is 6.66. The van der Waals surface area contributed by atoms with Crippen molar-refractivity contribution < 1.29 is 9.53 Å². The molecule has 0 aliphatic heterocycles. The van der Waals surface area contributed by atoms with Gasteiger partial charge in [0.2, 0.25) is 6.19 Å². The summed E-state index contributed by atoms with van der Waals surface area (Å²) in [7, 11) is 1.59. The predicted octanol–water partition coefficient (Wildman–Crippen LogP) is 2.89. The topological polar surface area (TPSA) is 65.7 Å². The minimum Gasteiger partial charge on any atom is -0.497 e. The molecule has 0 spiro atoms. The Morgan fingerprint density at radius 3 is 2.50 bits per heavy atom. The molecule has 0 aromatic heterocycles. The third kappa shape index (κ3) is 3.93. The maximum absolute atomic E-state index is 12.3. The SMILES string of the molecule is COc1ccc(N(C=NC#N)CC(=O)c2ccccc2)cc1. The van der Waals surface area contributed by atoms with Gasteiger partial charge in [-0.3, -0.25) is 4.79 Å². The average molecular weight is 293 g/mol. The predicted molar refractivity (Wildman–Crippen MR) is 85.2 cm³/mol. The summed E-state index contributed by atoms with van der Waals surface area (Å²) >= 11 is 0. The van der Waals surface area contributed by atoms with Crippen molar-refractivity contribution in [3.8, 4) is 11.9 Å². The van der Waals surface area contributed by atoms with Crippen LogP contribution in [0.25, 0.3) is 0 Å². The summed E-state index contributed by atoms with van der Waals surface area (Å²) in [6.07, 6.45) is 3.05. The Kier molecular flexibility index (Phi) is 5.27. The molecular weight excluding hydrogens is 278 g/mol. The van der Waals surface area contributed by atoms with Crippen LogP contribution in [0.15, 0.2) is 59.6 Å². The van der Waals surface area contributed by atoms with E-state index in [2.05, 4.69) is 4.99 Å². The number of carbonyl (C=O) groups excluding carboxylic acids is 1. The Bertz CT molecular complexity index is 688. The molecule has 0 heterocycles. The number of rotatable bonds is 6. The first kappa shape index (κ1) is 15.3. The number of aliphatic imine (C=N–C) groups is 1. The molecule has 5 nitrogen and oxygen atoms in total. The number of nitrogens with zero attached hydrogens (tertiary/aromatic N) is 3. The number of ether oxygens (including phenoxy) is 1. The van der Waals surface area contributed by atoms with E-state index in [1.165, 1.54) is 6.34 Å². The van der Waals surface area contributed by atoms with Gasteiger partial charge in [0, 0.05) is 11.3 Å². The molecule has 0 bridgehead atoms. The summed E-state index contributed by atoms with van der Waals surface area (Å²) in [5, 5.41) is 8.62. The van der Waals surface area contributed by atoms with E-state index in [0.717, 1.165) is 11.4 Å². The van der Waals surface area contributed by atoms with E-state index in [9.17, 15) is 4.79 Å². The highest BCUT2D eigenvalue weighted by Crippen LogP contribution is 2.18. The van der Waals surface area contributed by atoms with E-state index in [1.54, 1.807) is 54.6 Å². The number of carbonyl (C=O) groups is 1. The van der Waals surface area contributed by atoms with E-state index < -0.39 is 0 Å². The smallest absolute Gasteiger partial charge is 0.207 e. The highest BCUT2D eigenvalue weighted by Gasteiger charge is 2.12. The highest BCUT2D eigenvalue weighted by atomic mass is 16.5. The summed E-state index contributed by atoms with van der Waals surface area (Å²) in [6.45, 7) is 0.0987. The fourth-order valence-corrected chi connectivity index (χ4v) is 1.94. The van der Waals surface area contributed by atoms with Crippen LogP contribution < -0.4 is 9.64 Å². The van der Waals surface area contributed by atoms with Crippen LogP contribution in [0.2, 0.25) is 0 Å². The van der Waals surface area contributed by atoms with Crippen molar-refractivity contribution in [1.29, 1.82) is 5.26 Å². The summed E-state index contributed by atoms with van der Waals surface area (Å²) in [4.78, 5) is 17.5. The van der Waals surface area contributed by atoms with Crippen molar-refractivity contribution >= 4 is 17.8 Å². The first-order valence-corrected chi connectivity index (χ1v) is 6.66. The molecule has 110 valence electrons. The second-order valence-corrected chi connectivity index (χ2v) is 4.46. The Hall–Kier alpha value is -3.13. The van der Waals surface area contributed by atoms with Crippen LogP contribution in [-0.2, 0) is 0 Å². The number of hydrogen-bond donors (Lipinski definition) is 0. The van der Waals surface area contributed by atoms with Crippen molar-refractivity contribution in [2.75, 3.05) is 18.6 Å².